The van der Waals surface area contributed by atoms with Gasteiger partial charge in [0.15, 0.2) is 12.6 Å². The van der Waals surface area contributed by atoms with Crippen LogP contribution < -0.4 is 9.47 Å². The van der Waals surface area contributed by atoms with E-state index in [1.807, 2.05) is 0 Å². The zero-order valence-electron chi connectivity index (χ0n) is 12.1. The van der Waals surface area contributed by atoms with Crippen molar-refractivity contribution in [2.45, 2.75) is 20.1 Å². The fourth-order valence-corrected chi connectivity index (χ4v) is 2.33. The Morgan fingerprint density at radius 1 is 1.32 bits per heavy atom. The van der Waals surface area contributed by atoms with Crippen LogP contribution in [0.4, 0.5) is 4.39 Å². The Kier molecular flexibility index (Phi) is 4.06. The summed E-state index contributed by atoms with van der Waals surface area (Å²) in [6.45, 7) is 2.11. The molecule has 4 nitrogen and oxygen atoms in total. The fraction of sp³-hybridized carbons (Fsp3) is 0.235. The number of ether oxygens (including phenoxy) is 3. The third-order valence-corrected chi connectivity index (χ3v) is 3.39. The lowest BCUT2D eigenvalue weighted by atomic mass is 10.1. The first-order chi connectivity index (χ1) is 10.6. The molecule has 22 heavy (non-hydrogen) atoms. The van der Waals surface area contributed by atoms with Crippen molar-refractivity contribution in [3.05, 3.63) is 58.9 Å². The summed E-state index contributed by atoms with van der Waals surface area (Å²) in [4.78, 5) is 11.4. The summed E-state index contributed by atoms with van der Waals surface area (Å²) in [5, 5.41) is 0. The fourth-order valence-electron chi connectivity index (χ4n) is 2.33. The molecule has 0 aliphatic carbocycles. The van der Waals surface area contributed by atoms with E-state index >= 15 is 0 Å². The zero-order valence-corrected chi connectivity index (χ0v) is 12.1. The molecule has 2 aromatic carbocycles. The van der Waals surface area contributed by atoms with Crippen molar-refractivity contribution in [3.63, 3.8) is 0 Å². The van der Waals surface area contributed by atoms with Gasteiger partial charge in [-0.25, -0.2) is 4.39 Å². The third kappa shape index (κ3) is 3.09. The van der Waals surface area contributed by atoms with Crippen molar-refractivity contribution in [1.29, 1.82) is 0 Å². The minimum Gasteiger partial charge on any atom is -0.489 e. The highest BCUT2D eigenvalue weighted by molar-refractivity contribution is 5.94. The predicted octanol–water partition coefficient (Wildman–Crippen LogP) is 3.47. The van der Waals surface area contributed by atoms with Crippen molar-refractivity contribution in [2.24, 2.45) is 0 Å². The van der Waals surface area contributed by atoms with Gasteiger partial charge in [0.2, 0.25) is 0 Å². The van der Waals surface area contributed by atoms with Gasteiger partial charge in [-0.2, -0.15) is 0 Å². The Balaban J connectivity index is 1.81. The monoisotopic (exact) mass is 302 g/mol. The Labute approximate surface area is 127 Å². The molecule has 0 aromatic heterocycles. The highest BCUT2D eigenvalue weighted by atomic mass is 19.1. The minimum atomic E-state index is -0.357. The maximum atomic E-state index is 13.6. The molecule has 0 spiro atoms. The maximum absolute atomic E-state index is 13.6. The zero-order chi connectivity index (χ0) is 15.5. The largest absolute Gasteiger partial charge is 0.489 e. The van der Waals surface area contributed by atoms with Crippen molar-refractivity contribution in [3.8, 4) is 11.5 Å². The number of benzene rings is 2. The van der Waals surface area contributed by atoms with E-state index in [0.29, 0.717) is 34.8 Å². The quantitative estimate of drug-likeness (QED) is 0.811. The molecule has 114 valence electrons. The van der Waals surface area contributed by atoms with Gasteiger partial charge in [0.25, 0.3) is 0 Å². The van der Waals surface area contributed by atoms with Gasteiger partial charge in [0, 0.05) is 16.7 Å². The van der Waals surface area contributed by atoms with Crippen LogP contribution in [0, 0.1) is 5.82 Å². The summed E-state index contributed by atoms with van der Waals surface area (Å²) in [6.07, 6.45) is 0. The number of hydrogen-bond acceptors (Lipinski definition) is 4. The normalized spacial score (nSPS) is 13.2. The van der Waals surface area contributed by atoms with Crippen LogP contribution in [-0.2, 0) is 18.0 Å². The Morgan fingerprint density at radius 2 is 2.18 bits per heavy atom. The average Bonchev–Trinajstić information content (AvgIpc) is 2.52. The number of halogens is 1. The second-order valence-corrected chi connectivity index (χ2v) is 5.04. The molecule has 0 amide bonds. The van der Waals surface area contributed by atoms with Gasteiger partial charge in [0.05, 0.1) is 6.61 Å². The van der Waals surface area contributed by atoms with E-state index in [-0.39, 0.29) is 25.0 Å². The molecular formula is C17H15FO4. The van der Waals surface area contributed by atoms with Crippen LogP contribution in [-0.4, -0.2) is 12.6 Å². The summed E-state index contributed by atoms with van der Waals surface area (Å²) < 4.78 is 29.9. The molecule has 0 atom stereocenters. The second kappa shape index (κ2) is 6.15. The number of carbonyl (C=O) groups is 1. The first-order valence-corrected chi connectivity index (χ1v) is 6.89. The lowest BCUT2D eigenvalue weighted by Crippen LogP contribution is -2.14. The summed E-state index contributed by atoms with van der Waals surface area (Å²) in [5.41, 5.74) is 1.86. The number of hydrogen-bond donors (Lipinski definition) is 0. The Hall–Kier alpha value is -2.40. The first kappa shape index (κ1) is 14.5. The number of rotatable bonds is 4. The second-order valence-electron chi connectivity index (χ2n) is 5.04. The third-order valence-electron chi connectivity index (χ3n) is 3.39. The topological polar surface area (TPSA) is 44.8 Å². The number of carbonyl (C=O) groups excluding carboxylic acids is 1. The van der Waals surface area contributed by atoms with Gasteiger partial charge in [-0.15, -0.1) is 0 Å². The molecule has 0 saturated carbocycles. The molecule has 0 fully saturated rings. The molecule has 1 aliphatic rings. The Morgan fingerprint density at radius 3 is 3.00 bits per heavy atom. The summed E-state index contributed by atoms with van der Waals surface area (Å²) in [5.74, 6) is 0.770. The molecule has 0 bridgehead atoms. The molecule has 0 saturated heterocycles. The van der Waals surface area contributed by atoms with E-state index < -0.39 is 0 Å². The van der Waals surface area contributed by atoms with E-state index in [1.165, 1.54) is 19.1 Å². The molecule has 0 unspecified atom stereocenters. The smallest absolute Gasteiger partial charge is 0.189 e. The molecule has 3 rings (SSSR count). The molecule has 0 N–H and O–H groups in total. The van der Waals surface area contributed by atoms with Gasteiger partial charge >= 0.3 is 0 Å². The average molecular weight is 302 g/mol. The van der Waals surface area contributed by atoms with Crippen LogP contribution >= 0.6 is 0 Å². The SMILES string of the molecule is CC(=O)c1cccc(OCc2cc(F)cc3c2OCOC3)c1. The van der Waals surface area contributed by atoms with Crippen molar-refractivity contribution in [1.82, 2.24) is 0 Å². The van der Waals surface area contributed by atoms with Gasteiger partial charge in [-0.1, -0.05) is 12.1 Å². The van der Waals surface area contributed by atoms with Crippen LogP contribution in [0.25, 0.3) is 0 Å². The highest BCUT2D eigenvalue weighted by Crippen LogP contribution is 2.30. The van der Waals surface area contributed by atoms with Gasteiger partial charge in [-0.05, 0) is 31.2 Å². The van der Waals surface area contributed by atoms with Crippen molar-refractivity contribution < 1.29 is 23.4 Å². The van der Waals surface area contributed by atoms with Gasteiger partial charge < -0.3 is 14.2 Å². The van der Waals surface area contributed by atoms with E-state index in [9.17, 15) is 9.18 Å². The van der Waals surface area contributed by atoms with Crippen LogP contribution in [0.15, 0.2) is 36.4 Å². The lowest BCUT2D eigenvalue weighted by Gasteiger charge is -2.21. The van der Waals surface area contributed by atoms with Crippen LogP contribution in [0.3, 0.4) is 0 Å². The van der Waals surface area contributed by atoms with E-state index in [2.05, 4.69) is 0 Å². The summed E-state index contributed by atoms with van der Waals surface area (Å²) >= 11 is 0. The molecular weight excluding hydrogens is 287 g/mol. The lowest BCUT2D eigenvalue weighted by molar-refractivity contribution is -0.0178. The minimum absolute atomic E-state index is 0.0333. The standard InChI is InChI=1S/C17H15FO4/c1-11(19)12-3-2-4-16(7-12)21-9-14-6-15(18)5-13-8-20-10-22-17(13)14/h2-7H,8-10H2,1H3. The number of fused-ring (bicyclic) bond motifs is 1. The van der Waals surface area contributed by atoms with E-state index in [1.54, 1.807) is 24.3 Å². The van der Waals surface area contributed by atoms with Crippen LogP contribution in [0.5, 0.6) is 11.5 Å². The number of Topliss-reactive ketones (excluding diaryl/α,β-unsaturated/α-hetero) is 1. The van der Waals surface area contributed by atoms with Crippen molar-refractivity contribution in [2.75, 3.05) is 6.79 Å². The maximum Gasteiger partial charge on any atom is 0.189 e. The molecule has 5 heteroatoms. The molecule has 2 aromatic rings. The summed E-state index contributed by atoms with van der Waals surface area (Å²) in [6, 6.07) is 9.67. The molecule has 0 radical (unpaired) electrons. The first-order valence-electron chi connectivity index (χ1n) is 6.89. The van der Waals surface area contributed by atoms with Crippen LogP contribution in [0.1, 0.15) is 28.4 Å². The van der Waals surface area contributed by atoms with Crippen LogP contribution in [0.2, 0.25) is 0 Å². The Bertz CT molecular complexity index is 712. The molecule has 1 heterocycles. The highest BCUT2D eigenvalue weighted by Gasteiger charge is 2.17. The number of ketones is 1. The molecule has 1 aliphatic heterocycles. The summed E-state index contributed by atoms with van der Waals surface area (Å²) in [7, 11) is 0. The van der Waals surface area contributed by atoms with Gasteiger partial charge in [-0.3, -0.25) is 4.79 Å². The predicted molar refractivity (Wildman–Crippen MR) is 77.5 cm³/mol. The van der Waals surface area contributed by atoms with E-state index in [4.69, 9.17) is 14.2 Å². The van der Waals surface area contributed by atoms with Gasteiger partial charge in [0.1, 0.15) is 23.9 Å². The van der Waals surface area contributed by atoms with Crippen molar-refractivity contribution >= 4 is 5.78 Å². The van der Waals surface area contributed by atoms with E-state index in [0.717, 1.165) is 0 Å².